The van der Waals surface area contributed by atoms with Gasteiger partial charge in [0.25, 0.3) is 11.8 Å². The van der Waals surface area contributed by atoms with Gasteiger partial charge < -0.3 is 15.3 Å². The van der Waals surface area contributed by atoms with E-state index in [1.54, 1.807) is 18.2 Å². The lowest BCUT2D eigenvalue weighted by Crippen LogP contribution is -2.45. The van der Waals surface area contributed by atoms with Crippen LogP contribution in [0.15, 0.2) is 42.5 Å². The van der Waals surface area contributed by atoms with Crippen molar-refractivity contribution in [3.8, 4) is 11.5 Å². The van der Waals surface area contributed by atoms with Gasteiger partial charge in [0.1, 0.15) is 11.5 Å². The Morgan fingerprint density at radius 3 is 2.30 bits per heavy atom. The lowest BCUT2D eigenvalue weighted by Gasteiger charge is -2.20. The summed E-state index contributed by atoms with van der Waals surface area (Å²) in [6.07, 6.45) is -1.61. The molecule has 0 bridgehead atoms. The number of benzene rings is 2. The number of hydrogen-bond acceptors (Lipinski definition) is 6. The molecular weight excluding hydrogens is 300 g/mol. The first-order valence-corrected chi connectivity index (χ1v) is 6.71. The summed E-state index contributed by atoms with van der Waals surface area (Å²) < 4.78 is 0. The topological polar surface area (TPSA) is 124 Å². The number of aryl methyl sites for hydroxylation is 1. The number of nitrogens with zero attached hydrogens (tertiary/aromatic N) is 1. The molecule has 2 aromatic rings. The van der Waals surface area contributed by atoms with Gasteiger partial charge in [-0.15, -0.1) is 0 Å². The van der Waals surface area contributed by atoms with Crippen LogP contribution in [0.1, 0.15) is 27.6 Å². The van der Waals surface area contributed by atoms with E-state index in [-0.39, 0.29) is 27.4 Å². The maximum atomic E-state index is 12.3. The highest BCUT2D eigenvalue weighted by atomic mass is 16.3. The van der Waals surface area contributed by atoms with E-state index in [0.717, 1.165) is 6.07 Å². The molecule has 2 amide bonds. The third-order valence-electron chi connectivity index (χ3n) is 3.32. The van der Waals surface area contributed by atoms with Crippen LogP contribution >= 0.6 is 0 Å². The van der Waals surface area contributed by atoms with Gasteiger partial charge in [0.05, 0.1) is 5.56 Å². The summed E-state index contributed by atoms with van der Waals surface area (Å²) in [6.45, 7) is 1.47. The fourth-order valence-corrected chi connectivity index (χ4v) is 2.16. The molecule has 2 rings (SSSR count). The number of hydrazine groups is 1. The second-order valence-electron chi connectivity index (χ2n) is 4.98. The van der Waals surface area contributed by atoms with Crippen LogP contribution in [-0.4, -0.2) is 32.1 Å². The summed E-state index contributed by atoms with van der Waals surface area (Å²) in [4.78, 5) is 24.4. The number of carbonyl (C=O) groups excluding carboxylic acids is 2. The summed E-state index contributed by atoms with van der Waals surface area (Å²) in [6, 6.07) is 10.2. The number of nitrogens with two attached hydrogens (primary N) is 1. The molecule has 5 N–H and O–H groups in total. The van der Waals surface area contributed by atoms with Crippen molar-refractivity contribution >= 4 is 11.8 Å². The molecule has 7 heteroatoms. The second-order valence-corrected chi connectivity index (χ2v) is 4.98. The van der Waals surface area contributed by atoms with Crippen molar-refractivity contribution in [2.24, 2.45) is 5.84 Å². The van der Waals surface area contributed by atoms with Gasteiger partial charge in [0.2, 0.25) is 0 Å². The number of rotatable bonds is 3. The molecule has 1 unspecified atom stereocenters. The van der Waals surface area contributed by atoms with Gasteiger partial charge in [-0.3, -0.25) is 9.59 Å². The van der Waals surface area contributed by atoms with Crippen molar-refractivity contribution in [1.29, 1.82) is 0 Å². The van der Waals surface area contributed by atoms with Crippen LogP contribution in [0.25, 0.3) is 0 Å². The number of aliphatic hydroxyl groups excluding tert-OH is 1. The molecule has 7 nitrogen and oxygen atoms in total. The van der Waals surface area contributed by atoms with E-state index < -0.39 is 23.7 Å². The zero-order chi connectivity index (χ0) is 17.1. The number of imide groups is 1. The molecule has 120 valence electrons. The van der Waals surface area contributed by atoms with Gasteiger partial charge in [-0.2, -0.15) is 0 Å². The van der Waals surface area contributed by atoms with E-state index >= 15 is 0 Å². The van der Waals surface area contributed by atoms with Crippen LogP contribution in [-0.2, 0) is 4.79 Å². The molecule has 0 heterocycles. The van der Waals surface area contributed by atoms with E-state index in [1.807, 2.05) is 0 Å². The molecule has 0 spiro atoms. The second kappa shape index (κ2) is 6.47. The number of aliphatic hydroxyl groups is 1. The van der Waals surface area contributed by atoms with Crippen molar-refractivity contribution in [1.82, 2.24) is 5.01 Å². The first-order valence-electron chi connectivity index (χ1n) is 6.71. The Labute approximate surface area is 132 Å². The number of hydrogen-bond donors (Lipinski definition) is 4. The molecular formula is C16H16N2O5. The van der Waals surface area contributed by atoms with E-state index in [1.165, 1.54) is 25.1 Å². The Balaban J connectivity index is 2.28. The predicted molar refractivity (Wildman–Crippen MR) is 81.3 cm³/mol. The number of amides is 2. The van der Waals surface area contributed by atoms with Crippen LogP contribution in [0.3, 0.4) is 0 Å². The van der Waals surface area contributed by atoms with Gasteiger partial charge in [0.15, 0.2) is 6.10 Å². The Hall–Kier alpha value is -2.90. The first-order chi connectivity index (χ1) is 10.8. The fraction of sp³-hybridized carbons (Fsp3) is 0.125. The number of aromatic hydroxyl groups is 2. The lowest BCUT2D eigenvalue weighted by atomic mass is 10.0. The number of carbonyl (C=O) groups is 2. The molecule has 0 fully saturated rings. The minimum atomic E-state index is -1.61. The molecule has 2 aromatic carbocycles. The predicted octanol–water partition coefficient (Wildman–Crippen LogP) is 0.982. The van der Waals surface area contributed by atoms with E-state index in [9.17, 15) is 24.9 Å². The van der Waals surface area contributed by atoms with Crippen molar-refractivity contribution in [3.05, 3.63) is 59.2 Å². The highest BCUT2D eigenvalue weighted by Gasteiger charge is 2.29. The van der Waals surface area contributed by atoms with Crippen molar-refractivity contribution < 1.29 is 24.9 Å². The largest absolute Gasteiger partial charge is 0.508 e. The zero-order valence-electron chi connectivity index (χ0n) is 12.3. The van der Waals surface area contributed by atoms with Crippen LogP contribution in [0.5, 0.6) is 11.5 Å². The van der Waals surface area contributed by atoms with Crippen LogP contribution in [0.2, 0.25) is 0 Å². The van der Waals surface area contributed by atoms with Gasteiger partial charge in [-0.25, -0.2) is 10.9 Å². The summed E-state index contributed by atoms with van der Waals surface area (Å²) >= 11 is 0. The first kappa shape index (κ1) is 16.5. The van der Waals surface area contributed by atoms with Crippen molar-refractivity contribution in [3.63, 3.8) is 0 Å². The number of phenols is 2. The molecule has 23 heavy (non-hydrogen) atoms. The van der Waals surface area contributed by atoms with Gasteiger partial charge in [0, 0.05) is 6.07 Å². The lowest BCUT2D eigenvalue weighted by molar-refractivity contribution is -0.138. The van der Waals surface area contributed by atoms with Crippen LogP contribution in [0.4, 0.5) is 0 Å². The average molecular weight is 316 g/mol. The minimum absolute atomic E-state index is 0.223. The molecule has 0 saturated heterocycles. The molecule has 0 aliphatic carbocycles. The van der Waals surface area contributed by atoms with Gasteiger partial charge in [-0.1, -0.05) is 30.3 Å². The van der Waals surface area contributed by atoms with Gasteiger partial charge >= 0.3 is 0 Å². The molecule has 0 saturated carbocycles. The third kappa shape index (κ3) is 3.31. The summed E-state index contributed by atoms with van der Waals surface area (Å²) in [5.41, 5.74) is 0.302. The highest BCUT2D eigenvalue weighted by Crippen LogP contribution is 2.28. The summed E-state index contributed by atoms with van der Waals surface area (Å²) in [5, 5.41) is 29.4. The van der Waals surface area contributed by atoms with E-state index in [0.29, 0.717) is 0 Å². The maximum Gasteiger partial charge on any atom is 0.278 e. The molecule has 0 aliphatic heterocycles. The third-order valence-corrected chi connectivity index (χ3v) is 3.32. The number of phenolic OH excluding ortho intramolecular Hbond substituents is 2. The molecule has 0 aromatic heterocycles. The standard InChI is InChI=1S/C16H16N2O5/c1-9-7-11(19)8-12(20)13(9)15(22)18(17)16(23)14(21)10-5-3-2-4-6-10/h2-8,14,19-21H,17H2,1H3. The maximum absolute atomic E-state index is 12.3. The summed E-state index contributed by atoms with van der Waals surface area (Å²) in [7, 11) is 0. The quantitative estimate of drug-likeness (QED) is 0.380. The Kier molecular flexibility index (Phi) is 4.63. The highest BCUT2D eigenvalue weighted by molar-refractivity contribution is 6.07. The van der Waals surface area contributed by atoms with E-state index in [2.05, 4.69) is 0 Å². The molecule has 1 atom stereocenters. The fourth-order valence-electron chi connectivity index (χ4n) is 2.16. The minimum Gasteiger partial charge on any atom is -0.508 e. The van der Waals surface area contributed by atoms with E-state index in [4.69, 9.17) is 5.84 Å². The van der Waals surface area contributed by atoms with Gasteiger partial charge in [-0.05, 0) is 24.1 Å². The SMILES string of the molecule is Cc1cc(O)cc(O)c1C(=O)N(N)C(=O)C(O)c1ccccc1. The Bertz CT molecular complexity index is 722. The van der Waals surface area contributed by atoms with Crippen molar-refractivity contribution in [2.45, 2.75) is 13.0 Å². The Morgan fingerprint density at radius 2 is 1.74 bits per heavy atom. The monoisotopic (exact) mass is 316 g/mol. The molecule has 0 radical (unpaired) electrons. The average Bonchev–Trinajstić information content (AvgIpc) is 2.52. The Morgan fingerprint density at radius 1 is 1.13 bits per heavy atom. The normalized spacial score (nSPS) is 11.8. The van der Waals surface area contributed by atoms with Crippen LogP contribution < -0.4 is 5.84 Å². The van der Waals surface area contributed by atoms with Crippen molar-refractivity contribution in [2.75, 3.05) is 0 Å². The summed E-state index contributed by atoms with van der Waals surface area (Å²) in [5.74, 6) is 2.75. The zero-order valence-corrected chi connectivity index (χ0v) is 12.3. The van der Waals surface area contributed by atoms with Crippen LogP contribution in [0, 0.1) is 6.92 Å². The molecule has 0 aliphatic rings. The smallest absolute Gasteiger partial charge is 0.278 e.